The second kappa shape index (κ2) is 4.73. The summed E-state index contributed by atoms with van der Waals surface area (Å²) in [5, 5.41) is 1.12. The summed E-state index contributed by atoms with van der Waals surface area (Å²) < 4.78 is 0. The molecule has 0 bridgehead atoms. The highest BCUT2D eigenvalue weighted by molar-refractivity contribution is 7.12. The number of hydrogen-bond acceptors (Lipinski definition) is 3. The highest BCUT2D eigenvalue weighted by atomic mass is 32.1. The molecule has 2 aromatic rings. The minimum Gasteiger partial charge on any atom is -0.319 e. The van der Waals surface area contributed by atoms with Crippen molar-refractivity contribution in [3.8, 4) is 11.3 Å². The van der Waals surface area contributed by atoms with Crippen LogP contribution in [0.4, 0.5) is 0 Å². The van der Waals surface area contributed by atoms with E-state index in [1.54, 1.807) is 11.3 Å². The first-order valence-corrected chi connectivity index (χ1v) is 7.74. The van der Waals surface area contributed by atoms with Crippen LogP contribution in [0.5, 0.6) is 0 Å². The molecule has 0 atom stereocenters. The maximum atomic E-state index is 6.51. The van der Waals surface area contributed by atoms with Crippen molar-refractivity contribution in [3.63, 3.8) is 0 Å². The molecule has 1 aromatic heterocycles. The average molecular weight is 272 g/mol. The number of nitrogens with zero attached hydrogens (tertiary/aromatic N) is 1. The molecule has 0 spiro atoms. The molecule has 3 rings (SSSR count). The summed E-state index contributed by atoms with van der Waals surface area (Å²) in [5.41, 5.74) is 9.93. The fourth-order valence-corrected chi connectivity index (χ4v) is 3.90. The predicted molar refractivity (Wildman–Crippen MR) is 81.4 cm³/mol. The zero-order valence-electron chi connectivity index (χ0n) is 11.6. The number of aromatic nitrogens is 1. The Morgan fingerprint density at radius 3 is 2.37 bits per heavy atom. The van der Waals surface area contributed by atoms with Gasteiger partial charge < -0.3 is 5.73 Å². The molecule has 0 aliphatic heterocycles. The lowest BCUT2D eigenvalue weighted by molar-refractivity contribution is 0.459. The van der Waals surface area contributed by atoms with Crippen molar-refractivity contribution >= 4 is 11.3 Å². The van der Waals surface area contributed by atoms with E-state index in [0.717, 1.165) is 23.5 Å². The molecular weight excluding hydrogens is 252 g/mol. The summed E-state index contributed by atoms with van der Waals surface area (Å²) in [4.78, 5) is 6.13. The lowest BCUT2D eigenvalue weighted by Gasteiger charge is -2.19. The summed E-state index contributed by atoms with van der Waals surface area (Å²) in [6, 6.07) is 8.58. The molecule has 2 nitrogen and oxygen atoms in total. The van der Waals surface area contributed by atoms with Crippen LogP contribution in [0.3, 0.4) is 0 Å². The van der Waals surface area contributed by atoms with Crippen LogP contribution in [0.1, 0.15) is 41.1 Å². The van der Waals surface area contributed by atoms with Crippen LogP contribution in [0.15, 0.2) is 24.3 Å². The molecular formula is C16H20N2S. The molecule has 1 aliphatic rings. The van der Waals surface area contributed by atoms with Gasteiger partial charge in [-0.25, -0.2) is 4.98 Å². The van der Waals surface area contributed by atoms with Crippen molar-refractivity contribution in [2.24, 2.45) is 5.73 Å². The second-order valence-corrected chi connectivity index (χ2v) is 6.86. The SMILES string of the molecule is Cc1ccc(-c2nc(C3(N)CCCC3)sc2C)cc1. The Bertz CT molecular complexity index is 577. The van der Waals surface area contributed by atoms with Crippen molar-refractivity contribution < 1.29 is 0 Å². The molecule has 1 aromatic carbocycles. The van der Waals surface area contributed by atoms with Crippen molar-refractivity contribution in [2.75, 3.05) is 0 Å². The molecule has 0 radical (unpaired) electrons. The summed E-state index contributed by atoms with van der Waals surface area (Å²) in [6.45, 7) is 4.26. The molecule has 3 heteroatoms. The highest BCUT2D eigenvalue weighted by Gasteiger charge is 2.34. The zero-order chi connectivity index (χ0) is 13.5. The van der Waals surface area contributed by atoms with E-state index in [4.69, 9.17) is 10.7 Å². The molecule has 0 saturated heterocycles. The van der Waals surface area contributed by atoms with E-state index in [0.29, 0.717) is 0 Å². The number of benzene rings is 1. The normalized spacial score (nSPS) is 17.8. The van der Waals surface area contributed by atoms with Gasteiger partial charge in [-0.3, -0.25) is 0 Å². The monoisotopic (exact) mass is 272 g/mol. The van der Waals surface area contributed by atoms with Gasteiger partial charge in [0.2, 0.25) is 0 Å². The first-order chi connectivity index (χ1) is 9.08. The zero-order valence-corrected chi connectivity index (χ0v) is 12.4. The van der Waals surface area contributed by atoms with Gasteiger partial charge in [-0.15, -0.1) is 11.3 Å². The van der Waals surface area contributed by atoms with E-state index in [-0.39, 0.29) is 5.54 Å². The van der Waals surface area contributed by atoms with Gasteiger partial charge in [0.15, 0.2) is 0 Å². The first-order valence-electron chi connectivity index (χ1n) is 6.92. The minimum absolute atomic E-state index is 0.168. The Morgan fingerprint density at radius 2 is 1.74 bits per heavy atom. The van der Waals surface area contributed by atoms with Crippen molar-refractivity contribution in [2.45, 2.75) is 45.1 Å². The summed E-state index contributed by atoms with van der Waals surface area (Å²) in [7, 11) is 0. The molecule has 1 fully saturated rings. The van der Waals surface area contributed by atoms with Crippen LogP contribution in [0.2, 0.25) is 0 Å². The quantitative estimate of drug-likeness (QED) is 0.891. The number of nitrogens with two attached hydrogens (primary N) is 1. The Kier molecular flexibility index (Phi) is 3.19. The first kappa shape index (κ1) is 12.8. The maximum Gasteiger partial charge on any atom is 0.113 e. The van der Waals surface area contributed by atoms with E-state index < -0.39 is 0 Å². The topological polar surface area (TPSA) is 38.9 Å². The Labute approximate surface area is 118 Å². The second-order valence-electron chi connectivity index (χ2n) is 5.65. The van der Waals surface area contributed by atoms with E-state index >= 15 is 0 Å². The third-order valence-corrected chi connectivity index (χ3v) is 5.23. The van der Waals surface area contributed by atoms with Crippen molar-refractivity contribution in [1.29, 1.82) is 0 Å². The Balaban J connectivity index is 1.99. The van der Waals surface area contributed by atoms with E-state index in [9.17, 15) is 0 Å². The van der Waals surface area contributed by atoms with E-state index in [1.165, 1.54) is 28.8 Å². The van der Waals surface area contributed by atoms with Gasteiger partial charge in [-0.1, -0.05) is 42.7 Å². The fourth-order valence-electron chi connectivity index (χ4n) is 2.81. The van der Waals surface area contributed by atoms with E-state index in [2.05, 4.69) is 38.1 Å². The number of aryl methyl sites for hydroxylation is 2. The fraction of sp³-hybridized carbons (Fsp3) is 0.438. The minimum atomic E-state index is -0.168. The molecule has 19 heavy (non-hydrogen) atoms. The van der Waals surface area contributed by atoms with Crippen LogP contribution < -0.4 is 5.73 Å². The van der Waals surface area contributed by atoms with Crippen molar-refractivity contribution in [1.82, 2.24) is 4.98 Å². The molecule has 1 saturated carbocycles. The molecule has 1 heterocycles. The van der Waals surface area contributed by atoms with Gasteiger partial charge in [0, 0.05) is 10.4 Å². The van der Waals surface area contributed by atoms with Gasteiger partial charge in [0.25, 0.3) is 0 Å². The van der Waals surface area contributed by atoms with Crippen LogP contribution in [-0.2, 0) is 5.54 Å². The summed E-state index contributed by atoms with van der Waals surface area (Å²) in [6.07, 6.45) is 4.62. The van der Waals surface area contributed by atoms with Crippen LogP contribution >= 0.6 is 11.3 Å². The third kappa shape index (κ3) is 2.33. The van der Waals surface area contributed by atoms with Crippen molar-refractivity contribution in [3.05, 3.63) is 39.7 Å². The molecule has 0 unspecified atom stereocenters. The van der Waals surface area contributed by atoms with Gasteiger partial charge >= 0.3 is 0 Å². The highest BCUT2D eigenvalue weighted by Crippen LogP contribution is 2.40. The van der Waals surface area contributed by atoms with Crippen LogP contribution in [-0.4, -0.2) is 4.98 Å². The maximum absolute atomic E-state index is 6.51. The molecule has 1 aliphatic carbocycles. The van der Waals surface area contributed by atoms with Gasteiger partial charge in [-0.2, -0.15) is 0 Å². The Hall–Kier alpha value is -1.19. The number of rotatable bonds is 2. The average Bonchev–Trinajstić information content (AvgIpc) is 2.98. The standard InChI is InChI=1S/C16H20N2S/c1-11-5-7-13(8-6-11)14-12(2)19-15(18-14)16(17)9-3-4-10-16/h5-8H,3-4,9-10,17H2,1-2H3. The van der Waals surface area contributed by atoms with Gasteiger partial charge in [0.1, 0.15) is 5.01 Å². The largest absolute Gasteiger partial charge is 0.319 e. The predicted octanol–water partition coefficient (Wildman–Crippen LogP) is 4.15. The molecule has 0 amide bonds. The van der Waals surface area contributed by atoms with E-state index in [1.807, 2.05) is 0 Å². The van der Waals surface area contributed by atoms with Gasteiger partial charge in [0.05, 0.1) is 11.2 Å². The van der Waals surface area contributed by atoms with Crippen LogP contribution in [0.25, 0.3) is 11.3 Å². The van der Waals surface area contributed by atoms with Gasteiger partial charge in [-0.05, 0) is 26.7 Å². The molecule has 100 valence electrons. The van der Waals surface area contributed by atoms with Crippen LogP contribution in [0, 0.1) is 13.8 Å². The third-order valence-electron chi connectivity index (χ3n) is 4.04. The lowest BCUT2D eigenvalue weighted by Crippen LogP contribution is -2.32. The Morgan fingerprint density at radius 1 is 1.11 bits per heavy atom. The smallest absolute Gasteiger partial charge is 0.113 e. The number of thiazole rings is 1. The summed E-state index contributed by atoms with van der Waals surface area (Å²) >= 11 is 1.77. The molecule has 2 N–H and O–H groups in total. The lowest BCUT2D eigenvalue weighted by atomic mass is 10.0. The number of hydrogen-bond donors (Lipinski definition) is 1. The summed E-state index contributed by atoms with van der Waals surface area (Å²) in [5.74, 6) is 0.